The van der Waals surface area contributed by atoms with Crippen LogP contribution >= 0.6 is 0 Å². The van der Waals surface area contributed by atoms with Crippen LogP contribution in [0.4, 0.5) is 0 Å². The highest BCUT2D eigenvalue weighted by Crippen LogP contribution is 2.36. The summed E-state index contributed by atoms with van der Waals surface area (Å²) in [6.07, 6.45) is 8.22. The smallest absolute Gasteiger partial charge is 0.115 e. The third-order valence-electron chi connectivity index (χ3n) is 19.0. The molecule has 0 aliphatic heterocycles. The van der Waals surface area contributed by atoms with E-state index >= 15 is 0 Å². The first kappa shape index (κ1) is 185. The molecule has 1 fully saturated rings. The van der Waals surface area contributed by atoms with E-state index in [1.165, 1.54) is 74.5 Å². The van der Waals surface area contributed by atoms with Crippen molar-refractivity contribution < 1.29 is 25.5 Å². The van der Waals surface area contributed by atoms with Crippen molar-refractivity contribution in [3.63, 3.8) is 0 Å². The molecule has 9 aromatic carbocycles. The van der Waals surface area contributed by atoms with Crippen molar-refractivity contribution in [2.45, 2.75) is 404 Å². The SMILES string of the molecule is C.C.C.C.C.C.C.C.C.C.C.C.C.C.C.C.C.C.C.C.C.C.CC[Si](C)(C)c1ccc(O)cc1.C[SiH](C)CO.C[SiH](C)c1ccccc1.C[Si](C)(C)CO.C[Si](C)(C)c1ccc(O)cc1.C[Si](C)(C)c1ccc(O)cc1.C[Si](C)(C)c1ccccc1.C[Si](C)(C)c1ccccc1.C[Si](C)(C)c1ccccc1.C[Si](C)(C)c1ccccc1.C[Si](C)(c1ccccc1)C1CCCCC1. The Kier molecular flexibility index (Phi) is 131. The molecule has 0 bridgehead atoms. The van der Waals surface area contributed by atoms with Gasteiger partial charge in [-0.2, -0.15) is 0 Å². The van der Waals surface area contributed by atoms with Crippen LogP contribution in [0, 0.1) is 0 Å². The average Bonchev–Trinajstić information content (AvgIpc) is 0.800. The monoisotopic (exact) mass is 2010 g/mol. The summed E-state index contributed by atoms with van der Waals surface area (Å²) in [4.78, 5) is 0. The highest BCUT2D eigenvalue weighted by atomic mass is 28.3. The molecule has 16 heteroatoms. The fourth-order valence-corrected chi connectivity index (χ4v) is 23.5. The first-order chi connectivity index (χ1) is 50.3. The Bertz CT molecular complexity index is 3430. The molecular weight excluding hydrogens is 1770 g/mol. The van der Waals surface area contributed by atoms with E-state index in [1.54, 1.807) is 46.8 Å². The molecule has 10 rings (SSSR count). The van der Waals surface area contributed by atoms with Crippen LogP contribution in [-0.4, -0.2) is 128 Å². The maximum Gasteiger partial charge on any atom is 0.115 e. The van der Waals surface area contributed by atoms with E-state index in [2.05, 4.69) is 379 Å². The summed E-state index contributed by atoms with van der Waals surface area (Å²) in [6.45, 7) is 69.4. The molecule has 0 amide bonds. The lowest BCUT2D eigenvalue weighted by molar-refractivity contribution is 0.359. The Morgan fingerprint density at radius 3 is 0.557 bits per heavy atom. The van der Waals surface area contributed by atoms with Crippen molar-refractivity contribution in [3.05, 3.63) is 255 Å². The van der Waals surface area contributed by atoms with Crippen LogP contribution in [0.15, 0.2) is 255 Å². The number of aliphatic hydroxyl groups excluding tert-OH is 2. The predicted molar refractivity (Wildman–Crippen MR) is 675 cm³/mol. The molecule has 1 aliphatic rings. The standard InChI is InChI=1S/C14H22Si.C10H16OSi.2C9H14OSi.4C9H14Si.C8H12Si.C4H12OSi.C3H10OSi.22CH4/c1-15(2,13-9-5-3-6-10-13)14-11-7-4-8-12-14;1-4-12(2,3)10-7-5-9(11)6-8-10;2*1-11(2,3)9-6-4-8(10)5-7-9;4*1-10(2,3)9-7-5-4-6-8-9;1-9(2)8-6-4-3-5-7-8;1-6(2,3)4-5;1-5(2)3-4;;;;;;;;;;;;;;;;;;;;;;/h3,5-6,9-10,14H,4,7-8,11-12H2,1-2H3;5-8,11H,4H2,1-3H3;2*4-7,10H,1-3H3;4*4-8H,1-3H3;3-7,9H,1-2H3;5H,4H2,1-3H3;4-5H,3H2,1-2H3;22*1H4. The molecule has 0 saturated heterocycles. The Hall–Kier alpha value is -5.31. The van der Waals surface area contributed by atoms with Gasteiger partial charge in [0.1, 0.15) is 17.2 Å². The van der Waals surface area contributed by atoms with Crippen LogP contribution in [0.3, 0.4) is 0 Å². The molecule has 0 spiro atoms. The number of benzene rings is 9. The van der Waals surface area contributed by atoms with Crippen LogP contribution in [0.2, 0.25) is 201 Å². The van der Waals surface area contributed by atoms with Crippen LogP contribution in [-0.2, 0) is 0 Å². The second-order valence-corrected chi connectivity index (χ2v) is 90.0. The molecule has 9 aromatic rings. The van der Waals surface area contributed by atoms with Gasteiger partial charge in [0.25, 0.3) is 0 Å². The van der Waals surface area contributed by atoms with Gasteiger partial charge in [-0.15, -0.1) is 0 Å². The van der Waals surface area contributed by atoms with Crippen LogP contribution in [0.1, 0.15) is 202 Å². The summed E-state index contributed by atoms with van der Waals surface area (Å²) in [5.74, 6) is 1.07. The molecule has 5 N–H and O–H groups in total. The number of hydrogen-bond acceptors (Lipinski definition) is 5. The largest absolute Gasteiger partial charge is 0.508 e. The third-order valence-corrected chi connectivity index (χ3v) is 42.9. The summed E-state index contributed by atoms with van der Waals surface area (Å²) in [5, 5.41) is 57.4. The molecule has 1 aliphatic carbocycles. The minimum atomic E-state index is -1.19. The first-order valence-corrected chi connectivity index (χ1v) is 77.3. The van der Waals surface area contributed by atoms with Crippen molar-refractivity contribution in [2.75, 3.05) is 12.5 Å². The molecule has 1 saturated carbocycles. The van der Waals surface area contributed by atoms with E-state index in [1.807, 2.05) is 36.4 Å². The van der Waals surface area contributed by atoms with Crippen molar-refractivity contribution in [1.82, 2.24) is 0 Å². The number of aromatic hydroxyl groups is 3. The molecule has 778 valence electrons. The zero-order valence-corrected chi connectivity index (χ0v) is 85.7. The lowest BCUT2D eigenvalue weighted by atomic mass is 10.0. The molecule has 5 nitrogen and oxygen atoms in total. The molecule has 0 atom stereocenters. The minimum Gasteiger partial charge on any atom is -0.508 e. The van der Waals surface area contributed by atoms with Gasteiger partial charge in [-0.1, -0.05) is 663 Å². The molecule has 131 heavy (non-hydrogen) atoms. The molecule has 0 unspecified atom stereocenters. The van der Waals surface area contributed by atoms with E-state index in [0.29, 0.717) is 29.7 Å². The lowest BCUT2D eigenvalue weighted by Gasteiger charge is -2.35. The fourth-order valence-electron chi connectivity index (χ4n) is 10.6. The van der Waals surface area contributed by atoms with Gasteiger partial charge in [-0.05, 0) is 41.9 Å². The minimum absolute atomic E-state index is 0. The Balaban J connectivity index is -0.0000000462. The summed E-state index contributed by atoms with van der Waals surface area (Å²) < 4.78 is 0. The zero-order valence-electron chi connectivity index (χ0n) is 74.4. The van der Waals surface area contributed by atoms with Crippen molar-refractivity contribution >= 4 is 137 Å². The van der Waals surface area contributed by atoms with Gasteiger partial charge in [0.2, 0.25) is 0 Å². The summed E-state index contributed by atoms with van der Waals surface area (Å²) in [5.41, 5.74) is 1.02. The highest BCUT2D eigenvalue weighted by Gasteiger charge is 2.34. The normalized spacial score (nSPS) is 10.3. The molecule has 0 heterocycles. The maximum absolute atomic E-state index is 9.11. The third kappa shape index (κ3) is 87.2. The highest BCUT2D eigenvalue weighted by molar-refractivity contribution is 6.92. The molecular formula is C115H244O5Si11. The summed E-state index contributed by atoms with van der Waals surface area (Å²) in [6, 6.07) is 89.0. The van der Waals surface area contributed by atoms with Gasteiger partial charge < -0.3 is 25.5 Å². The maximum atomic E-state index is 9.11. The van der Waals surface area contributed by atoms with E-state index in [4.69, 9.17) is 25.5 Å². The van der Waals surface area contributed by atoms with E-state index in [9.17, 15) is 0 Å². The Labute approximate surface area is 844 Å². The lowest BCUT2D eigenvalue weighted by Crippen LogP contribution is -2.46. The fraction of sp³-hybridized carbons (Fsp3) is 0.530. The quantitative estimate of drug-likeness (QED) is 0.0741. The topological polar surface area (TPSA) is 101 Å². The van der Waals surface area contributed by atoms with E-state index in [0.717, 1.165) is 5.54 Å². The first-order valence-electron chi connectivity index (χ1n) is 40.3. The average molecular weight is 2020 g/mol. The van der Waals surface area contributed by atoms with Gasteiger partial charge >= 0.3 is 0 Å². The van der Waals surface area contributed by atoms with Gasteiger partial charge in [-0.25, -0.2) is 0 Å². The van der Waals surface area contributed by atoms with E-state index in [-0.39, 0.29) is 163 Å². The van der Waals surface area contributed by atoms with Gasteiger partial charge in [0.05, 0.1) is 90.3 Å². The summed E-state index contributed by atoms with van der Waals surface area (Å²) >= 11 is 0. The Morgan fingerprint density at radius 2 is 0.412 bits per heavy atom. The predicted octanol–water partition coefficient (Wildman–Crippen LogP) is 35.3. The number of phenolic OH excluding ortho intramolecular Hbond substituents is 3. The second kappa shape index (κ2) is 92.4. The molecule has 0 radical (unpaired) electrons. The molecule has 0 aromatic heterocycles. The summed E-state index contributed by atoms with van der Waals surface area (Å²) in [7, 11) is -11.0. The second-order valence-electron chi connectivity index (χ2n) is 38.1. The van der Waals surface area contributed by atoms with E-state index < -0.39 is 90.3 Å². The number of hydrogen-bond donors (Lipinski definition) is 5. The van der Waals surface area contributed by atoms with Gasteiger partial charge in [-0.3, -0.25) is 0 Å². The number of rotatable bonds is 13. The Morgan fingerprint density at radius 1 is 0.244 bits per heavy atom. The zero-order chi connectivity index (χ0) is 83.5. The van der Waals surface area contributed by atoms with Crippen molar-refractivity contribution in [3.8, 4) is 17.2 Å². The van der Waals surface area contributed by atoms with Crippen molar-refractivity contribution in [2.24, 2.45) is 0 Å². The van der Waals surface area contributed by atoms with Gasteiger partial charge in [0.15, 0.2) is 0 Å². The van der Waals surface area contributed by atoms with Crippen LogP contribution in [0.25, 0.3) is 0 Å². The van der Waals surface area contributed by atoms with Crippen LogP contribution in [0.5, 0.6) is 17.2 Å². The van der Waals surface area contributed by atoms with Crippen LogP contribution < -0.4 is 46.7 Å². The van der Waals surface area contributed by atoms with Crippen molar-refractivity contribution in [1.29, 1.82) is 0 Å². The van der Waals surface area contributed by atoms with Gasteiger partial charge in [0, 0.05) is 12.5 Å². The number of aliphatic hydroxyl groups is 2. The number of phenols is 3.